The summed E-state index contributed by atoms with van der Waals surface area (Å²) in [7, 11) is 1.94. The largest absolute Gasteiger partial charge is 0.337 e. The Labute approximate surface area is 142 Å². The van der Waals surface area contributed by atoms with E-state index in [0.29, 0.717) is 12.6 Å². The van der Waals surface area contributed by atoms with Crippen LogP contribution in [0.2, 0.25) is 0 Å². The van der Waals surface area contributed by atoms with E-state index in [9.17, 15) is 4.79 Å². The molecule has 5 nitrogen and oxygen atoms in total. The first-order valence-corrected chi connectivity index (χ1v) is 8.78. The summed E-state index contributed by atoms with van der Waals surface area (Å²) in [6.07, 6.45) is 7.24. The monoisotopic (exact) mass is 324 g/mol. The number of hydrogen-bond donors (Lipinski definition) is 0. The zero-order chi connectivity index (χ0) is 16.5. The van der Waals surface area contributed by atoms with Crippen molar-refractivity contribution in [3.63, 3.8) is 0 Å². The van der Waals surface area contributed by atoms with Gasteiger partial charge in [0.05, 0.1) is 12.7 Å². The lowest BCUT2D eigenvalue weighted by Crippen LogP contribution is -2.42. The summed E-state index contributed by atoms with van der Waals surface area (Å²) >= 11 is 0. The van der Waals surface area contributed by atoms with Crippen LogP contribution >= 0.6 is 0 Å². The molecule has 2 aromatic rings. The van der Waals surface area contributed by atoms with Gasteiger partial charge in [-0.05, 0) is 36.9 Å². The smallest absolute Gasteiger partial charge is 0.237 e. The molecule has 0 aliphatic carbocycles. The van der Waals surface area contributed by atoms with Crippen molar-refractivity contribution < 1.29 is 4.79 Å². The van der Waals surface area contributed by atoms with Crippen LogP contribution in [-0.4, -0.2) is 45.1 Å². The number of carbonyl (C=O) groups excluding carboxylic acids is 1. The summed E-state index contributed by atoms with van der Waals surface area (Å²) in [6, 6.07) is 8.80. The van der Waals surface area contributed by atoms with Crippen LogP contribution in [0.25, 0.3) is 0 Å². The molecule has 0 N–H and O–H groups in total. The van der Waals surface area contributed by atoms with Crippen molar-refractivity contribution in [3.8, 4) is 0 Å². The maximum Gasteiger partial charge on any atom is 0.237 e. The van der Waals surface area contributed by atoms with Gasteiger partial charge in [0, 0.05) is 37.9 Å². The van der Waals surface area contributed by atoms with Gasteiger partial charge < -0.3 is 4.90 Å². The van der Waals surface area contributed by atoms with Crippen LogP contribution < -0.4 is 0 Å². The van der Waals surface area contributed by atoms with Crippen LogP contribution in [0.4, 0.5) is 0 Å². The molecule has 1 atom stereocenters. The fourth-order valence-corrected chi connectivity index (χ4v) is 3.99. The van der Waals surface area contributed by atoms with E-state index in [1.54, 1.807) is 0 Å². The van der Waals surface area contributed by atoms with Crippen molar-refractivity contribution in [2.24, 2.45) is 7.05 Å². The molecular formula is C19H24N4O. The average Bonchev–Trinajstić information content (AvgIpc) is 3.23. The van der Waals surface area contributed by atoms with Crippen LogP contribution in [0.3, 0.4) is 0 Å². The number of rotatable bonds is 3. The fourth-order valence-electron chi connectivity index (χ4n) is 3.99. The molecule has 1 amide bonds. The summed E-state index contributed by atoms with van der Waals surface area (Å²) < 4.78 is 1.84. The number of carbonyl (C=O) groups is 1. The van der Waals surface area contributed by atoms with Gasteiger partial charge in [-0.3, -0.25) is 14.4 Å². The van der Waals surface area contributed by atoms with Gasteiger partial charge in [0.2, 0.25) is 5.91 Å². The molecule has 0 saturated carbocycles. The molecular weight excluding hydrogens is 300 g/mol. The zero-order valence-electron chi connectivity index (χ0n) is 14.2. The quantitative estimate of drug-likeness (QED) is 0.869. The number of fused-ring (bicyclic) bond motifs is 1. The molecule has 4 rings (SSSR count). The number of amides is 1. The van der Waals surface area contributed by atoms with E-state index in [-0.39, 0.29) is 5.91 Å². The maximum atomic E-state index is 12.8. The number of aryl methyl sites for hydroxylation is 1. The standard InChI is InChI=1S/C19H24N4O/c1-21-12-17(11-20-21)18-7-4-9-22(18)14-19(24)23-10-8-15-5-2-3-6-16(15)13-23/h2-3,5-6,11-12,18H,4,7-10,13-14H2,1H3/t18-/m1/s1. The minimum Gasteiger partial charge on any atom is -0.337 e. The Hall–Kier alpha value is -2.14. The van der Waals surface area contributed by atoms with Crippen molar-refractivity contribution >= 4 is 5.91 Å². The van der Waals surface area contributed by atoms with E-state index in [2.05, 4.69) is 40.5 Å². The van der Waals surface area contributed by atoms with E-state index in [0.717, 1.165) is 38.9 Å². The van der Waals surface area contributed by atoms with Crippen LogP contribution in [0.5, 0.6) is 0 Å². The molecule has 1 aromatic carbocycles. The molecule has 2 aliphatic rings. The highest BCUT2D eigenvalue weighted by atomic mass is 16.2. The minimum atomic E-state index is 0.250. The lowest BCUT2D eigenvalue weighted by molar-refractivity contribution is -0.133. The Kier molecular flexibility index (Phi) is 4.10. The Morgan fingerprint density at radius 3 is 2.88 bits per heavy atom. The third-order valence-electron chi connectivity index (χ3n) is 5.29. The molecule has 0 unspecified atom stereocenters. The number of benzene rings is 1. The zero-order valence-corrected chi connectivity index (χ0v) is 14.2. The second-order valence-corrected chi connectivity index (χ2v) is 6.91. The highest BCUT2D eigenvalue weighted by Gasteiger charge is 2.30. The van der Waals surface area contributed by atoms with E-state index >= 15 is 0 Å². The van der Waals surface area contributed by atoms with Gasteiger partial charge in [-0.15, -0.1) is 0 Å². The second kappa shape index (κ2) is 6.40. The van der Waals surface area contributed by atoms with Crippen molar-refractivity contribution in [2.75, 3.05) is 19.6 Å². The molecule has 1 saturated heterocycles. The van der Waals surface area contributed by atoms with Crippen molar-refractivity contribution in [3.05, 3.63) is 53.3 Å². The minimum absolute atomic E-state index is 0.250. The number of nitrogens with zero attached hydrogens (tertiary/aromatic N) is 4. The lowest BCUT2D eigenvalue weighted by Gasteiger charge is -2.31. The van der Waals surface area contributed by atoms with Crippen molar-refractivity contribution in [1.82, 2.24) is 19.6 Å². The molecule has 0 spiro atoms. The van der Waals surface area contributed by atoms with E-state index in [4.69, 9.17) is 0 Å². The first kappa shape index (κ1) is 15.4. The van der Waals surface area contributed by atoms with Gasteiger partial charge in [-0.2, -0.15) is 5.10 Å². The molecule has 1 aromatic heterocycles. The molecule has 1 fully saturated rings. The SMILES string of the molecule is Cn1cc([C@H]2CCCN2CC(=O)N2CCc3ccccc3C2)cn1. The topological polar surface area (TPSA) is 41.4 Å². The fraction of sp³-hybridized carbons (Fsp3) is 0.474. The molecule has 0 bridgehead atoms. The van der Waals surface area contributed by atoms with E-state index < -0.39 is 0 Å². The van der Waals surface area contributed by atoms with Crippen LogP contribution in [0.15, 0.2) is 36.7 Å². The highest BCUT2D eigenvalue weighted by Crippen LogP contribution is 2.31. The summed E-state index contributed by atoms with van der Waals surface area (Å²) in [6.45, 7) is 3.10. The van der Waals surface area contributed by atoms with Crippen molar-refractivity contribution in [1.29, 1.82) is 0 Å². The van der Waals surface area contributed by atoms with Gasteiger partial charge in [0.1, 0.15) is 0 Å². The molecule has 126 valence electrons. The van der Waals surface area contributed by atoms with E-state index in [1.165, 1.54) is 16.7 Å². The third-order valence-corrected chi connectivity index (χ3v) is 5.29. The predicted molar refractivity (Wildman–Crippen MR) is 92.3 cm³/mol. The van der Waals surface area contributed by atoms with Gasteiger partial charge in [-0.1, -0.05) is 24.3 Å². The Morgan fingerprint density at radius 1 is 1.25 bits per heavy atom. The van der Waals surface area contributed by atoms with E-state index in [1.807, 2.05) is 22.8 Å². The molecule has 0 radical (unpaired) electrons. The molecule has 5 heteroatoms. The Morgan fingerprint density at radius 2 is 2.08 bits per heavy atom. The first-order chi connectivity index (χ1) is 11.7. The summed E-state index contributed by atoms with van der Waals surface area (Å²) in [5, 5.41) is 4.28. The average molecular weight is 324 g/mol. The highest BCUT2D eigenvalue weighted by molar-refractivity contribution is 5.78. The van der Waals surface area contributed by atoms with Crippen LogP contribution in [0.1, 0.15) is 35.6 Å². The summed E-state index contributed by atoms with van der Waals surface area (Å²) in [5.74, 6) is 0.250. The Bertz CT molecular complexity index is 738. The van der Waals surface area contributed by atoms with Crippen molar-refractivity contribution in [2.45, 2.75) is 31.8 Å². The maximum absolute atomic E-state index is 12.8. The third kappa shape index (κ3) is 2.96. The van der Waals surface area contributed by atoms with Gasteiger partial charge in [0.15, 0.2) is 0 Å². The Balaban J connectivity index is 1.42. The molecule has 24 heavy (non-hydrogen) atoms. The number of hydrogen-bond acceptors (Lipinski definition) is 3. The van der Waals surface area contributed by atoms with Gasteiger partial charge >= 0.3 is 0 Å². The second-order valence-electron chi connectivity index (χ2n) is 6.91. The number of aromatic nitrogens is 2. The van der Waals surface area contributed by atoms with Crippen LogP contribution in [0, 0.1) is 0 Å². The van der Waals surface area contributed by atoms with Crippen LogP contribution in [-0.2, 0) is 24.8 Å². The summed E-state index contributed by atoms with van der Waals surface area (Å²) in [4.78, 5) is 17.1. The van der Waals surface area contributed by atoms with Gasteiger partial charge in [0.25, 0.3) is 0 Å². The lowest BCUT2D eigenvalue weighted by atomic mass is 10.00. The first-order valence-electron chi connectivity index (χ1n) is 8.78. The molecule has 2 aliphatic heterocycles. The number of likely N-dealkylation sites (tertiary alicyclic amines) is 1. The predicted octanol–water partition coefficient (Wildman–Crippen LogP) is 2.14. The van der Waals surface area contributed by atoms with Gasteiger partial charge in [-0.25, -0.2) is 0 Å². The molecule has 3 heterocycles. The summed E-state index contributed by atoms with van der Waals surface area (Å²) in [5.41, 5.74) is 3.91. The normalized spacial score (nSPS) is 21.0.